The summed E-state index contributed by atoms with van der Waals surface area (Å²) in [6.45, 7) is 2.60. The molecule has 0 radical (unpaired) electrons. The monoisotopic (exact) mass is 190 g/mol. The Morgan fingerprint density at radius 3 is 3.43 bits per heavy atom. The first-order valence-electron chi connectivity index (χ1n) is 5.44. The minimum atomic E-state index is -0.241. The predicted octanol–water partition coefficient (Wildman–Crippen LogP) is 1.71. The number of nitrogens with zero attached hydrogens (tertiary/aromatic N) is 1. The molecule has 0 bridgehead atoms. The molecule has 3 heteroatoms. The maximum Gasteiger partial charge on any atom is 0.0487 e. The van der Waals surface area contributed by atoms with Crippen molar-refractivity contribution in [3.63, 3.8) is 0 Å². The van der Waals surface area contributed by atoms with E-state index in [4.69, 9.17) is 1.37 Å². The lowest BCUT2D eigenvalue weighted by molar-refractivity contribution is 0.718. The molecule has 0 fully saturated rings. The Kier molecular flexibility index (Phi) is 2.42. The third kappa shape index (κ3) is 1.77. The van der Waals surface area contributed by atoms with Gasteiger partial charge in [0.15, 0.2) is 0 Å². The van der Waals surface area contributed by atoms with Gasteiger partial charge in [0.1, 0.15) is 0 Å². The summed E-state index contributed by atoms with van der Waals surface area (Å²) < 4.78 is 7.78. The van der Waals surface area contributed by atoms with Gasteiger partial charge in [-0.2, -0.15) is 0 Å². The molecule has 0 spiro atoms. The van der Waals surface area contributed by atoms with E-state index in [1.54, 1.807) is 6.20 Å². The van der Waals surface area contributed by atoms with E-state index in [2.05, 4.69) is 15.3 Å². The number of likely N-dealkylation sites (N-methyl/N-ethyl adjacent to an activating group) is 1. The second-order valence-corrected chi connectivity index (χ2v) is 3.20. The van der Waals surface area contributed by atoms with Crippen LogP contribution in [0.3, 0.4) is 0 Å². The summed E-state index contributed by atoms with van der Waals surface area (Å²) in [6.07, 6.45) is 6.29. The van der Waals surface area contributed by atoms with Gasteiger partial charge in [-0.25, -0.2) is 0 Å². The number of H-pyrrole nitrogens is 1. The van der Waals surface area contributed by atoms with Gasteiger partial charge < -0.3 is 10.3 Å². The Hall–Kier alpha value is -1.35. The highest BCUT2D eigenvalue weighted by molar-refractivity contribution is 5.81. The Labute approximate surface area is 85.0 Å². The van der Waals surface area contributed by atoms with Crippen LogP contribution in [-0.2, 0) is 6.42 Å². The molecule has 1 atom stereocenters. The highest BCUT2D eigenvalue weighted by atomic mass is 14.8. The summed E-state index contributed by atoms with van der Waals surface area (Å²) in [5.74, 6) is 0. The van der Waals surface area contributed by atoms with E-state index < -0.39 is 0 Å². The molecule has 0 saturated heterocycles. The summed E-state index contributed by atoms with van der Waals surface area (Å²) in [4.78, 5) is 7.28. The molecule has 1 unspecified atom stereocenters. The molecule has 0 aliphatic carbocycles. The highest BCUT2D eigenvalue weighted by Gasteiger charge is 2.01. The fourth-order valence-corrected chi connectivity index (χ4v) is 1.51. The molecule has 2 heterocycles. The number of aromatic amines is 1. The van der Waals surface area contributed by atoms with Gasteiger partial charge in [0, 0.05) is 30.9 Å². The SMILES string of the molecule is [2H]C(Cc1c[nH]c2ccncc12)NCC. The molecule has 74 valence electrons. The number of hydrogen-bond donors (Lipinski definition) is 2. The van der Waals surface area contributed by atoms with Crippen LogP contribution < -0.4 is 5.32 Å². The maximum absolute atomic E-state index is 7.78. The zero-order valence-corrected chi connectivity index (χ0v) is 8.25. The van der Waals surface area contributed by atoms with Crippen molar-refractivity contribution in [2.75, 3.05) is 13.1 Å². The number of aromatic nitrogens is 2. The van der Waals surface area contributed by atoms with Crippen molar-refractivity contribution in [3.8, 4) is 0 Å². The molecular weight excluding hydrogens is 174 g/mol. The summed E-state index contributed by atoms with van der Waals surface area (Å²) in [5.41, 5.74) is 2.24. The first-order valence-corrected chi connectivity index (χ1v) is 4.87. The molecule has 14 heavy (non-hydrogen) atoms. The molecule has 2 N–H and O–H groups in total. The second kappa shape index (κ2) is 4.24. The van der Waals surface area contributed by atoms with Gasteiger partial charge in [-0.1, -0.05) is 6.92 Å². The molecule has 3 nitrogen and oxygen atoms in total. The van der Waals surface area contributed by atoms with E-state index in [9.17, 15) is 0 Å². The van der Waals surface area contributed by atoms with Crippen LogP contribution in [0.2, 0.25) is 0 Å². The van der Waals surface area contributed by atoms with Crippen LogP contribution in [0.15, 0.2) is 24.7 Å². The smallest absolute Gasteiger partial charge is 0.0487 e. The third-order valence-corrected chi connectivity index (χ3v) is 2.24. The first kappa shape index (κ1) is 8.00. The number of nitrogens with one attached hydrogen (secondary N) is 2. The van der Waals surface area contributed by atoms with Gasteiger partial charge in [0.2, 0.25) is 0 Å². The molecule has 0 aliphatic heterocycles. The first-order chi connectivity index (χ1) is 7.31. The summed E-state index contributed by atoms with van der Waals surface area (Å²) in [5, 5.41) is 4.20. The van der Waals surface area contributed by atoms with Crippen LogP contribution in [0, 0.1) is 0 Å². The fraction of sp³-hybridized carbons (Fsp3) is 0.364. The van der Waals surface area contributed by atoms with Crippen LogP contribution in [-0.4, -0.2) is 23.0 Å². The topological polar surface area (TPSA) is 40.7 Å². The average molecular weight is 190 g/mol. The lowest BCUT2D eigenvalue weighted by Gasteiger charge is -1.99. The average Bonchev–Trinajstić information content (AvgIpc) is 2.62. The number of hydrogen-bond acceptors (Lipinski definition) is 2. The van der Waals surface area contributed by atoms with Crippen molar-refractivity contribution >= 4 is 10.9 Å². The minimum absolute atomic E-state index is 0.241. The van der Waals surface area contributed by atoms with Crippen LogP contribution in [0.5, 0.6) is 0 Å². The molecule has 0 saturated carbocycles. The van der Waals surface area contributed by atoms with Gasteiger partial charge in [-0.05, 0) is 31.1 Å². The Bertz CT molecular complexity index is 438. The van der Waals surface area contributed by atoms with Crippen molar-refractivity contribution in [1.29, 1.82) is 0 Å². The Balaban J connectivity index is 2.21. The fourth-order valence-electron chi connectivity index (χ4n) is 1.51. The Morgan fingerprint density at radius 1 is 1.64 bits per heavy atom. The molecule has 2 aromatic rings. The number of fused-ring (bicyclic) bond motifs is 1. The van der Waals surface area contributed by atoms with E-state index >= 15 is 0 Å². The van der Waals surface area contributed by atoms with Crippen LogP contribution in [0.1, 0.15) is 13.9 Å². The lowest BCUT2D eigenvalue weighted by Crippen LogP contribution is -2.15. The zero-order chi connectivity index (χ0) is 10.7. The highest BCUT2D eigenvalue weighted by Crippen LogP contribution is 2.16. The van der Waals surface area contributed by atoms with Crippen molar-refractivity contribution in [1.82, 2.24) is 15.3 Å². The molecule has 0 amide bonds. The van der Waals surface area contributed by atoms with Crippen molar-refractivity contribution < 1.29 is 1.37 Å². The summed E-state index contributed by atoms with van der Waals surface area (Å²) in [6, 6.07) is 1.95. The summed E-state index contributed by atoms with van der Waals surface area (Å²) >= 11 is 0. The van der Waals surface area contributed by atoms with Crippen LogP contribution in [0.25, 0.3) is 10.9 Å². The predicted molar refractivity (Wildman–Crippen MR) is 58.3 cm³/mol. The number of rotatable bonds is 4. The van der Waals surface area contributed by atoms with Crippen molar-refractivity contribution in [3.05, 3.63) is 30.2 Å². The van der Waals surface area contributed by atoms with Crippen molar-refractivity contribution in [2.24, 2.45) is 0 Å². The number of aryl methyl sites for hydroxylation is 1. The molecule has 2 aromatic heterocycles. The Morgan fingerprint density at radius 2 is 2.57 bits per heavy atom. The van der Waals surface area contributed by atoms with Crippen molar-refractivity contribution in [2.45, 2.75) is 13.3 Å². The normalized spacial score (nSPS) is 14.2. The lowest BCUT2D eigenvalue weighted by atomic mass is 10.1. The molecule has 0 aromatic carbocycles. The van der Waals surface area contributed by atoms with Gasteiger partial charge in [-0.15, -0.1) is 0 Å². The standard InChI is InChI=1S/C11H15N3/c1-2-12-5-3-9-7-14-11-4-6-13-8-10(9)11/h4,6-8,12,14H,2-3,5H2,1H3/i5D. The largest absolute Gasteiger partial charge is 0.361 e. The molecular formula is C11H15N3. The third-order valence-electron chi connectivity index (χ3n) is 2.24. The van der Waals surface area contributed by atoms with E-state index in [0.717, 1.165) is 23.0 Å². The minimum Gasteiger partial charge on any atom is -0.361 e. The number of pyridine rings is 1. The van der Waals surface area contributed by atoms with Gasteiger partial charge in [0.05, 0.1) is 0 Å². The molecule has 0 aliphatic rings. The quantitative estimate of drug-likeness (QED) is 0.770. The van der Waals surface area contributed by atoms with E-state index in [-0.39, 0.29) is 6.52 Å². The maximum atomic E-state index is 7.78. The van der Waals surface area contributed by atoms with Crippen LogP contribution >= 0.6 is 0 Å². The van der Waals surface area contributed by atoms with E-state index in [1.807, 2.05) is 25.4 Å². The van der Waals surface area contributed by atoms with E-state index in [0.29, 0.717) is 6.42 Å². The van der Waals surface area contributed by atoms with Gasteiger partial charge >= 0.3 is 0 Å². The zero-order valence-electron chi connectivity index (χ0n) is 9.25. The summed E-state index contributed by atoms with van der Waals surface area (Å²) in [7, 11) is 0. The van der Waals surface area contributed by atoms with Gasteiger partial charge in [-0.3, -0.25) is 4.98 Å². The van der Waals surface area contributed by atoms with Crippen LogP contribution in [0.4, 0.5) is 0 Å². The van der Waals surface area contributed by atoms with Gasteiger partial charge in [0.25, 0.3) is 0 Å². The second-order valence-electron chi connectivity index (χ2n) is 3.20. The van der Waals surface area contributed by atoms with E-state index in [1.165, 1.54) is 0 Å². The molecule has 2 rings (SSSR count).